The zero-order valence-corrected chi connectivity index (χ0v) is 20.9. The lowest BCUT2D eigenvalue weighted by molar-refractivity contribution is 0.577. The van der Waals surface area contributed by atoms with Crippen molar-refractivity contribution in [1.29, 1.82) is 0 Å². The van der Waals surface area contributed by atoms with Crippen LogP contribution >= 0.6 is 11.6 Å². The van der Waals surface area contributed by atoms with Gasteiger partial charge in [0.2, 0.25) is 0 Å². The molecule has 0 aliphatic rings. The van der Waals surface area contributed by atoms with Crippen molar-refractivity contribution in [2.24, 2.45) is 14.1 Å². The minimum Gasteiger partial charge on any atom is -0.419 e. The highest BCUT2D eigenvalue weighted by Gasteiger charge is 2.42. The molecule has 0 radical (unpaired) electrons. The van der Waals surface area contributed by atoms with Crippen molar-refractivity contribution in [1.82, 2.24) is 19.1 Å². The number of hydrogen-bond acceptors (Lipinski definition) is 4. The maximum Gasteiger partial charge on any atom is 0.322 e. The molecule has 3 aromatic heterocycles. The summed E-state index contributed by atoms with van der Waals surface area (Å²) in [6.07, 6.45) is 10.6. The monoisotopic (exact) mass is 496 g/mol. The first-order valence-corrected chi connectivity index (χ1v) is 13.2. The maximum atomic E-state index is 12.8. The molecule has 2 aromatic carbocycles. The van der Waals surface area contributed by atoms with Crippen LogP contribution in [0.3, 0.4) is 0 Å². The number of benzene rings is 2. The summed E-state index contributed by atoms with van der Waals surface area (Å²) in [5.41, 5.74) is 2.75. The van der Waals surface area contributed by atoms with Crippen LogP contribution in [0.2, 0.25) is 5.02 Å². The summed E-state index contributed by atoms with van der Waals surface area (Å²) in [7, 11) is -0.0210. The van der Waals surface area contributed by atoms with E-state index in [1.165, 1.54) is 0 Å². The number of hydrogen-bond donors (Lipinski definition) is 1. The average molecular weight is 497 g/mol. The Kier molecular flexibility index (Phi) is 5.65. The number of fused-ring (bicyclic) bond motifs is 1. The number of aromatic nitrogens is 4. The molecule has 0 bridgehead atoms. The van der Waals surface area contributed by atoms with Crippen LogP contribution in [0.15, 0.2) is 84.2 Å². The van der Waals surface area contributed by atoms with E-state index in [-0.39, 0.29) is 5.56 Å². The van der Waals surface area contributed by atoms with E-state index in [2.05, 4.69) is 10.9 Å². The summed E-state index contributed by atoms with van der Waals surface area (Å²) in [6, 6.07) is 18.1. The van der Waals surface area contributed by atoms with Gasteiger partial charge in [0.1, 0.15) is 0 Å². The molecule has 5 aromatic rings. The summed E-state index contributed by atoms with van der Waals surface area (Å²) in [5, 5.41) is 3.27. The van der Waals surface area contributed by atoms with E-state index in [0.717, 1.165) is 21.7 Å². The van der Waals surface area contributed by atoms with Crippen molar-refractivity contribution in [3.05, 3.63) is 100 Å². The number of halogens is 1. The van der Waals surface area contributed by atoms with Gasteiger partial charge in [0.25, 0.3) is 5.56 Å². The van der Waals surface area contributed by atoms with E-state index in [0.29, 0.717) is 26.7 Å². The molecule has 0 unspecified atom stereocenters. The molecular formula is C27H21ClN4O2Si. The second-order valence-corrected chi connectivity index (χ2v) is 11.8. The van der Waals surface area contributed by atoms with E-state index in [4.69, 9.17) is 23.0 Å². The SMILES string of the molecule is C#Cc1cccc(-c2cc(=O)n(C)c3cnc([Si@](O)(c4ccc(Cl)cc4)c4cncn4C)cc23)c1. The molecule has 0 fully saturated rings. The molecule has 0 aliphatic carbocycles. The van der Waals surface area contributed by atoms with Gasteiger partial charge in [0, 0.05) is 42.3 Å². The van der Waals surface area contributed by atoms with Crippen LogP contribution in [-0.2, 0) is 14.1 Å². The van der Waals surface area contributed by atoms with Crippen LogP contribution in [0.1, 0.15) is 5.56 Å². The van der Waals surface area contributed by atoms with E-state index < -0.39 is 8.32 Å². The second-order valence-electron chi connectivity index (χ2n) is 8.37. The highest BCUT2D eigenvalue weighted by Crippen LogP contribution is 2.27. The van der Waals surface area contributed by atoms with Gasteiger partial charge in [-0.15, -0.1) is 6.42 Å². The second kappa shape index (κ2) is 8.67. The summed E-state index contributed by atoms with van der Waals surface area (Å²) >= 11 is 6.14. The van der Waals surface area contributed by atoms with Gasteiger partial charge in [0.05, 0.1) is 28.7 Å². The summed E-state index contributed by atoms with van der Waals surface area (Å²) in [6.45, 7) is 0. The van der Waals surface area contributed by atoms with E-state index >= 15 is 0 Å². The third-order valence-electron chi connectivity index (χ3n) is 6.29. The van der Waals surface area contributed by atoms with Crippen LogP contribution in [-0.4, -0.2) is 32.2 Å². The summed E-state index contributed by atoms with van der Waals surface area (Å²) in [5.74, 6) is 2.65. The van der Waals surface area contributed by atoms with Crippen LogP contribution < -0.4 is 21.4 Å². The molecule has 0 saturated carbocycles. The lowest BCUT2D eigenvalue weighted by Crippen LogP contribution is -2.70. The van der Waals surface area contributed by atoms with Gasteiger partial charge < -0.3 is 13.9 Å². The van der Waals surface area contributed by atoms with Crippen molar-refractivity contribution in [3.8, 4) is 23.5 Å². The maximum absolute atomic E-state index is 12.8. The minimum absolute atomic E-state index is 0.162. The number of aryl methyl sites for hydroxylation is 2. The summed E-state index contributed by atoms with van der Waals surface area (Å²) in [4.78, 5) is 34.1. The van der Waals surface area contributed by atoms with E-state index in [9.17, 15) is 9.59 Å². The van der Waals surface area contributed by atoms with Crippen LogP contribution in [0.5, 0.6) is 0 Å². The normalized spacial score (nSPS) is 12.9. The van der Waals surface area contributed by atoms with Crippen molar-refractivity contribution in [2.45, 2.75) is 0 Å². The van der Waals surface area contributed by atoms with Crippen molar-refractivity contribution >= 4 is 46.6 Å². The molecular weight excluding hydrogens is 476 g/mol. The molecule has 6 nitrogen and oxygen atoms in total. The molecule has 0 spiro atoms. The van der Waals surface area contributed by atoms with Gasteiger partial charge in [-0.25, -0.2) is 4.98 Å². The van der Waals surface area contributed by atoms with E-state index in [1.807, 2.05) is 54.1 Å². The predicted molar refractivity (Wildman–Crippen MR) is 142 cm³/mol. The fourth-order valence-electron chi connectivity index (χ4n) is 4.39. The fraction of sp³-hybridized carbons (Fsp3) is 0.0741. The number of imidazole rings is 1. The van der Waals surface area contributed by atoms with Crippen molar-refractivity contribution in [2.75, 3.05) is 0 Å². The molecule has 0 aliphatic heterocycles. The largest absolute Gasteiger partial charge is 0.419 e. The highest BCUT2D eigenvalue weighted by atomic mass is 35.5. The van der Waals surface area contributed by atoms with Gasteiger partial charge in [-0.3, -0.25) is 9.78 Å². The quantitative estimate of drug-likeness (QED) is 0.305. The molecule has 172 valence electrons. The number of nitrogens with zero attached hydrogens (tertiary/aromatic N) is 4. The Morgan fingerprint density at radius 3 is 2.51 bits per heavy atom. The molecule has 3 heterocycles. The topological polar surface area (TPSA) is 72.9 Å². The number of pyridine rings is 2. The lowest BCUT2D eigenvalue weighted by Gasteiger charge is -2.26. The number of rotatable bonds is 4. The van der Waals surface area contributed by atoms with E-state index in [1.54, 1.807) is 48.5 Å². The Morgan fingerprint density at radius 1 is 1.06 bits per heavy atom. The minimum atomic E-state index is -3.57. The lowest BCUT2D eigenvalue weighted by atomic mass is 10.0. The van der Waals surface area contributed by atoms with Gasteiger partial charge in [0.15, 0.2) is 0 Å². The molecule has 1 N–H and O–H groups in total. The molecule has 8 heteroatoms. The molecule has 35 heavy (non-hydrogen) atoms. The fourth-order valence-corrected chi connectivity index (χ4v) is 7.45. The zero-order valence-electron chi connectivity index (χ0n) is 19.1. The molecule has 0 saturated heterocycles. The Labute approximate surface area is 208 Å². The molecule has 5 rings (SSSR count). The standard InChI is InChI=1S/C27H21ClN4O2Si/c1-4-18-6-5-7-19(12-18)22-14-26(33)32(3)24-15-30-25(13-23(22)24)35(34,27-16-29-17-31(27)2)21-10-8-20(28)9-11-21/h1,5-17,34H,2-3H3/t35-/m1/s1. The zero-order chi connectivity index (χ0) is 24.7. The van der Waals surface area contributed by atoms with Crippen LogP contribution in [0.4, 0.5) is 0 Å². The van der Waals surface area contributed by atoms with Crippen LogP contribution in [0, 0.1) is 12.3 Å². The number of terminal acetylenes is 1. The Bertz CT molecular complexity index is 1680. The van der Waals surface area contributed by atoms with Crippen molar-refractivity contribution < 1.29 is 4.80 Å². The Hall–Kier alpha value is -3.96. The van der Waals surface area contributed by atoms with Gasteiger partial charge in [-0.05, 0) is 46.6 Å². The van der Waals surface area contributed by atoms with Gasteiger partial charge >= 0.3 is 8.32 Å². The molecule has 0 amide bonds. The van der Waals surface area contributed by atoms with Crippen molar-refractivity contribution in [3.63, 3.8) is 0 Å². The molecule has 1 atom stereocenters. The summed E-state index contributed by atoms with van der Waals surface area (Å²) < 4.78 is 3.36. The third kappa shape index (κ3) is 3.78. The Morgan fingerprint density at radius 2 is 1.83 bits per heavy atom. The smallest absolute Gasteiger partial charge is 0.322 e. The predicted octanol–water partition coefficient (Wildman–Crippen LogP) is 1.93. The van der Waals surface area contributed by atoms with Crippen LogP contribution in [0.25, 0.3) is 22.0 Å². The highest BCUT2D eigenvalue weighted by molar-refractivity contribution is 7.05. The first-order chi connectivity index (χ1) is 16.8. The van der Waals surface area contributed by atoms with Gasteiger partial charge in [-0.2, -0.15) is 0 Å². The first-order valence-electron chi connectivity index (χ1n) is 10.9. The first kappa shape index (κ1) is 22.8. The Balaban J connectivity index is 1.84. The van der Waals surface area contributed by atoms with Gasteiger partial charge in [-0.1, -0.05) is 41.8 Å². The third-order valence-corrected chi connectivity index (χ3v) is 9.95. The average Bonchev–Trinajstić information content (AvgIpc) is 3.32.